The minimum atomic E-state index is -0.633. The summed E-state index contributed by atoms with van der Waals surface area (Å²) in [5.41, 5.74) is 3.57. The molecule has 4 rings (SSSR count). The Morgan fingerprint density at radius 1 is 1.00 bits per heavy atom. The number of nitrogens with zero attached hydrogens (tertiary/aromatic N) is 3. The first-order chi connectivity index (χ1) is 16.4. The number of likely N-dealkylation sites (tertiary alicyclic amines) is 1. The molecule has 1 amide bonds. The maximum atomic E-state index is 13.2. The zero-order valence-corrected chi connectivity index (χ0v) is 20.2. The van der Waals surface area contributed by atoms with Crippen LogP contribution in [0.15, 0.2) is 54.1 Å². The van der Waals surface area contributed by atoms with Gasteiger partial charge < -0.3 is 19.6 Å². The summed E-state index contributed by atoms with van der Waals surface area (Å²) in [6.45, 7) is 6.43. The quantitative estimate of drug-likeness (QED) is 0.386. The lowest BCUT2D eigenvalue weighted by atomic mass is 9.94. The molecule has 0 bridgehead atoms. The van der Waals surface area contributed by atoms with Crippen molar-refractivity contribution in [2.75, 3.05) is 58.4 Å². The van der Waals surface area contributed by atoms with Crippen LogP contribution in [-0.4, -0.2) is 80.1 Å². The Balaban J connectivity index is 1.67. The second-order valence-corrected chi connectivity index (χ2v) is 9.15. The van der Waals surface area contributed by atoms with E-state index in [0.29, 0.717) is 12.1 Å². The second-order valence-electron chi connectivity index (χ2n) is 9.15. The lowest BCUT2D eigenvalue weighted by Crippen LogP contribution is -2.38. The number of aliphatic hydroxyl groups is 1. The molecule has 0 saturated carbocycles. The van der Waals surface area contributed by atoms with Crippen molar-refractivity contribution < 1.29 is 19.4 Å². The Morgan fingerprint density at radius 3 is 2.26 bits per heavy atom. The average molecular weight is 464 g/mol. The number of ether oxygens (including phenoxy) is 1. The van der Waals surface area contributed by atoms with Crippen molar-refractivity contribution in [1.82, 2.24) is 9.80 Å². The molecule has 2 aliphatic heterocycles. The molecule has 1 atom stereocenters. The third-order valence-corrected chi connectivity index (χ3v) is 6.57. The van der Waals surface area contributed by atoms with Crippen LogP contribution < -0.4 is 4.90 Å². The molecule has 0 aromatic heterocycles. The van der Waals surface area contributed by atoms with Crippen molar-refractivity contribution in [3.8, 4) is 0 Å². The summed E-state index contributed by atoms with van der Waals surface area (Å²) in [6.07, 6.45) is 0.740. The van der Waals surface area contributed by atoms with Crippen molar-refractivity contribution in [3.63, 3.8) is 0 Å². The first-order valence-electron chi connectivity index (χ1n) is 11.8. The highest BCUT2D eigenvalue weighted by molar-refractivity contribution is 6.46. The molecule has 2 saturated heterocycles. The number of ketones is 1. The van der Waals surface area contributed by atoms with Crippen molar-refractivity contribution in [1.29, 1.82) is 0 Å². The van der Waals surface area contributed by atoms with Crippen LogP contribution in [0.2, 0.25) is 0 Å². The summed E-state index contributed by atoms with van der Waals surface area (Å²) in [5, 5.41) is 11.2. The number of morpholine rings is 1. The molecule has 2 heterocycles. The van der Waals surface area contributed by atoms with Gasteiger partial charge in [0, 0.05) is 51.5 Å². The molecule has 7 heteroatoms. The van der Waals surface area contributed by atoms with Crippen molar-refractivity contribution in [3.05, 3.63) is 70.8 Å². The SMILES string of the molecule is Cc1ccc(C(O)=C2C(=O)C(=O)N(CCCN3CCOCC3)C2c2ccc(N(C)C)cc2)cc1. The van der Waals surface area contributed by atoms with Gasteiger partial charge in [-0.1, -0.05) is 42.0 Å². The molecule has 7 nitrogen and oxygen atoms in total. The first-order valence-corrected chi connectivity index (χ1v) is 11.8. The molecule has 2 aromatic carbocycles. The predicted octanol–water partition coefficient (Wildman–Crippen LogP) is 3.21. The topological polar surface area (TPSA) is 73.3 Å². The Hall–Kier alpha value is -3.16. The summed E-state index contributed by atoms with van der Waals surface area (Å²) >= 11 is 0. The maximum Gasteiger partial charge on any atom is 0.295 e. The third-order valence-electron chi connectivity index (χ3n) is 6.57. The van der Waals surface area contributed by atoms with Gasteiger partial charge in [0.05, 0.1) is 24.8 Å². The number of carbonyl (C=O) groups excluding carboxylic acids is 2. The molecule has 2 aromatic rings. The van der Waals surface area contributed by atoms with Gasteiger partial charge in [0.2, 0.25) is 0 Å². The number of hydrogen-bond donors (Lipinski definition) is 1. The molecule has 180 valence electrons. The summed E-state index contributed by atoms with van der Waals surface area (Å²) in [5.74, 6) is -1.32. The normalized spacial score (nSPS) is 20.7. The number of carbonyl (C=O) groups is 2. The predicted molar refractivity (Wildman–Crippen MR) is 133 cm³/mol. The fourth-order valence-corrected chi connectivity index (χ4v) is 4.57. The zero-order chi connectivity index (χ0) is 24.2. The van der Waals surface area contributed by atoms with Gasteiger partial charge in [-0.2, -0.15) is 0 Å². The van der Waals surface area contributed by atoms with Crippen LogP contribution >= 0.6 is 0 Å². The summed E-state index contributed by atoms with van der Waals surface area (Å²) in [7, 11) is 3.92. The number of hydrogen-bond acceptors (Lipinski definition) is 6. The molecule has 0 radical (unpaired) electrons. The van der Waals surface area contributed by atoms with Gasteiger partial charge >= 0.3 is 0 Å². The van der Waals surface area contributed by atoms with Crippen LogP contribution in [0.3, 0.4) is 0 Å². The third kappa shape index (κ3) is 5.00. The standard InChI is InChI=1S/C27H33N3O4/c1-19-5-7-21(8-6-19)25(31)23-24(20-9-11-22(12-10-20)28(2)3)30(27(33)26(23)32)14-4-13-29-15-17-34-18-16-29/h5-12,24,31H,4,13-18H2,1-3H3. The highest BCUT2D eigenvalue weighted by Crippen LogP contribution is 2.39. The van der Waals surface area contributed by atoms with Gasteiger partial charge in [0.15, 0.2) is 0 Å². The van der Waals surface area contributed by atoms with Crippen molar-refractivity contribution in [2.45, 2.75) is 19.4 Å². The van der Waals surface area contributed by atoms with E-state index < -0.39 is 17.7 Å². The lowest BCUT2D eigenvalue weighted by Gasteiger charge is -2.29. The molecular formula is C27H33N3O4. The molecule has 0 aliphatic carbocycles. The first kappa shape index (κ1) is 24.0. The van der Waals surface area contributed by atoms with Gasteiger partial charge in [0.25, 0.3) is 11.7 Å². The van der Waals surface area contributed by atoms with Gasteiger partial charge in [-0.25, -0.2) is 0 Å². The van der Waals surface area contributed by atoms with Gasteiger partial charge in [0.1, 0.15) is 5.76 Å². The van der Waals surface area contributed by atoms with E-state index in [1.807, 2.05) is 62.3 Å². The summed E-state index contributed by atoms with van der Waals surface area (Å²) in [6, 6.07) is 14.5. The molecule has 1 unspecified atom stereocenters. The van der Waals surface area contributed by atoms with Crippen LogP contribution in [0.5, 0.6) is 0 Å². The van der Waals surface area contributed by atoms with E-state index in [4.69, 9.17) is 4.74 Å². The second kappa shape index (κ2) is 10.4. The molecular weight excluding hydrogens is 430 g/mol. The molecule has 0 spiro atoms. The maximum absolute atomic E-state index is 13.2. The van der Waals surface area contributed by atoms with E-state index in [0.717, 1.165) is 56.1 Å². The van der Waals surface area contributed by atoms with E-state index >= 15 is 0 Å². The zero-order valence-electron chi connectivity index (χ0n) is 20.2. The smallest absolute Gasteiger partial charge is 0.295 e. The lowest BCUT2D eigenvalue weighted by molar-refractivity contribution is -0.140. The number of aliphatic hydroxyl groups excluding tert-OH is 1. The number of amides is 1. The van der Waals surface area contributed by atoms with Crippen molar-refractivity contribution in [2.24, 2.45) is 0 Å². The van der Waals surface area contributed by atoms with Crippen LogP contribution in [0.25, 0.3) is 5.76 Å². The molecule has 2 fully saturated rings. The minimum Gasteiger partial charge on any atom is -0.507 e. The number of aryl methyl sites for hydroxylation is 1. The fourth-order valence-electron chi connectivity index (χ4n) is 4.57. The highest BCUT2D eigenvalue weighted by Gasteiger charge is 2.45. The Kier molecular flexibility index (Phi) is 7.34. The van der Waals surface area contributed by atoms with Gasteiger partial charge in [-0.05, 0) is 31.0 Å². The van der Waals surface area contributed by atoms with Crippen LogP contribution in [0.4, 0.5) is 5.69 Å². The van der Waals surface area contributed by atoms with E-state index in [1.165, 1.54) is 0 Å². The van der Waals surface area contributed by atoms with Gasteiger partial charge in [-0.15, -0.1) is 0 Å². The monoisotopic (exact) mass is 463 g/mol. The number of anilines is 1. The minimum absolute atomic E-state index is 0.129. The summed E-state index contributed by atoms with van der Waals surface area (Å²) in [4.78, 5) is 32.2. The largest absolute Gasteiger partial charge is 0.507 e. The summed E-state index contributed by atoms with van der Waals surface area (Å²) < 4.78 is 5.41. The Bertz CT molecular complexity index is 1050. The Labute approximate surface area is 201 Å². The highest BCUT2D eigenvalue weighted by atomic mass is 16.5. The number of rotatable bonds is 7. The van der Waals surface area contributed by atoms with E-state index in [1.54, 1.807) is 17.0 Å². The fraction of sp³-hybridized carbons (Fsp3) is 0.407. The van der Waals surface area contributed by atoms with E-state index in [9.17, 15) is 14.7 Å². The van der Waals surface area contributed by atoms with E-state index in [-0.39, 0.29) is 11.3 Å². The van der Waals surface area contributed by atoms with Crippen molar-refractivity contribution >= 4 is 23.1 Å². The Morgan fingerprint density at radius 2 is 1.65 bits per heavy atom. The number of benzene rings is 2. The number of Topliss-reactive ketones (excluding diaryl/α,β-unsaturated/α-hetero) is 1. The van der Waals surface area contributed by atoms with Crippen LogP contribution in [0.1, 0.15) is 29.2 Å². The van der Waals surface area contributed by atoms with Crippen LogP contribution in [0, 0.1) is 6.92 Å². The van der Waals surface area contributed by atoms with E-state index in [2.05, 4.69) is 4.90 Å². The molecule has 34 heavy (non-hydrogen) atoms. The average Bonchev–Trinajstić information content (AvgIpc) is 3.10. The molecule has 2 aliphatic rings. The van der Waals surface area contributed by atoms with Crippen LogP contribution in [-0.2, 0) is 14.3 Å². The molecule has 1 N–H and O–H groups in total. The van der Waals surface area contributed by atoms with Gasteiger partial charge in [-0.3, -0.25) is 14.5 Å².